The minimum absolute atomic E-state index is 0.198. The number of amides is 2. The van der Waals surface area contributed by atoms with Crippen LogP contribution in [0.4, 0.5) is 10.1 Å². The highest BCUT2D eigenvalue weighted by Gasteiger charge is 2.25. The first-order valence-electron chi connectivity index (χ1n) is 8.11. The van der Waals surface area contributed by atoms with Gasteiger partial charge in [-0.1, -0.05) is 0 Å². The number of hydrogen-bond donors (Lipinski definition) is 2. The predicted molar refractivity (Wildman–Crippen MR) is 91.4 cm³/mol. The number of fused-ring (bicyclic) bond motifs is 1. The number of rotatable bonds is 3. The Bertz CT molecular complexity index is 828. The second-order valence-electron chi connectivity index (χ2n) is 5.71. The van der Waals surface area contributed by atoms with Gasteiger partial charge in [0.2, 0.25) is 5.88 Å². The molecule has 0 spiro atoms. The van der Waals surface area contributed by atoms with E-state index < -0.39 is 23.7 Å². The van der Waals surface area contributed by atoms with Gasteiger partial charge >= 0.3 is 11.8 Å². The first kappa shape index (κ1) is 17.7. The maximum Gasteiger partial charge on any atom is 0.313 e. The molecule has 7 nitrogen and oxygen atoms in total. The Morgan fingerprint density at radius 1 is 1.31 bits per heavy atom. The number of aromatic nitrogens is 1. The third kappa shape index (κ3) is 3.90. The first-order valence-corrected chi connectivity index (χ1v) is 8.11. The van der Waals surface area contributed by atoms with Crippen LogP contribution in [0.3, 0.4) is 0 Å². The van der Waals surface area contributed by atoms with Crippen LogP contribution in [0.1, 0.15) is 24.4 Å². The van der Waals surface area contributed by atoms with E-state index in [-0.39, 0.29) is 11.6 Å². The van der Waals surface area contributed by atoms with Gasteiger partial charge in [-0.05, 0) is 43.2 Å². The van der Waals surface area contributed by atoms with Crippen molar-refractivity contribution >= 4 is 17.5 Å². The fourth-order valence-electron chi connectivity index (χ4n) is 2.75. The summed E-state index contributed by atoms with van der Waals surface area (Å²) < 4.78 is 24.2. The van der Waals surface area contributed by atoms with Crippen molar-refractivity contribution < 1.29 is 23.5 Å². The van der Waals surface area contributed by atoms with Crippen LogP contribution in [0.5, 0.6) is 11.6 Å². The number of carbonyl (C=O) groups excluding carboxylic acids is 2. The van der Waals surface area contributed by atoms with Crippen molar-refractivity contribution in [3.8, 4) is 11.6 Å². The maximum absolute atomic E-state index is 13.6. The number of nitrogens with zero attached hydrogens (tertiary/aromatic N) is 1. The lowest BCUT2D eigenvalue weighted by molar-refractivity contribution is -0.136. The van der Waals surface area contributed by atoms with Crippen LogP contribution in [0, 0.1) is 5.82 Å². The largest absolute Gasteiger partial charge is 0.493 e. The Hall–Kier alpha value is -3.16. The lowest BCUT2D eigenvalue weighted by Gasteiger charge is -2.18. The molecule has 1 aromatic carbocycles. The Labute approximate surface area is 149 Å². The Balaban J connectivity index is 1.73. The molecule has 1 aliphatic rings. The summed E-state index contributed by atoms with van der Waals surface area (Å²) >= 11 is 0. The van der Waals surface area contributed by atoms with Gasteiger partial charge in [0, 0.05) is 11.8 Å². The van der Waals surface area contributed by atoms with Crippen molar-refractivity contribution in [2.24, 2.45) is 0 Å². The van der Waals surface area contributed by atoms with Crippen molar-refractivity contribution in [2.45, 2.75) is 18.9 Å². The van der Waals surface area contributed by atoms with Crippen molar-refractivity contribution in [3.05, 3.63) is 47.9 Å². The number of pyridine rings is 1. The average Bonchev–Trinajstić information content (AvgIpc) is 2.84. The number of ether oxygens (including phenoxy) is 2. The van der Waals surface area contributed by atoms with Gasteiger partial charge in [-0.3, -0.25) is 9.59 Å². The van der Waals surface area contributed by atoms with E-state index in [1.807, 2.05) is 0 Å². The maximum atomic E-state index is 13.6. The summed E-state index contributed by atoms with van der Waals surface area (Å²) in [6.45, 7) is 0.462. The standard InChI is InChI=1S/C18H18FN3O4/c1-25-18-14(4-2-8-20-18)22-17(24)16(23)21-13-5-3-9-26-15-7-6-11(19)10-12(13)15/h2,4,6-8,10,13H,3,5,9H2,1H3,(H,21,23)(H,22,24)/t13-/m0/s1. The number of benzene rings is 1. The SMILES string of the molecule is COc1ncccc1NC(=O)C(=O)N[C@H]1CCCOc2ccc(F)cc21. The van der Waals surface area contributed by atoms with Gasteiger partial charge in [0.25, 0.3) is 0 Å². The third-order valence-corrected chi connectivity index (χ3v) is 3.97. The van der Waals surface area contributed by atoms with E-state index in [1.54, 1.807) is 12.1 Å². The summed E-state index contributed by atoms with van der Waals surface area (Å²) in [5.74, 6) is -1.43. The normalized spacial score (nSPS) is 15.8. The predicted octanol–water partition coefficient (Wildman–Crippen LogP) is 2.20. The van der Waals surface area contributed by atoms with E-state index in [0.717, 1.165) is 0 Å². The number of anilines is 1. The molecular formula is C18H18FN3O4. The minimum Gasteiger partial charge on any atom is -0.493 e. The summed E-state index contributed by atoms with van der Waals surface area (Å²) in [5, 5.41) is 5.10. The number of hydrogen-bond acceptors (Lipinski definition) is 5. The summed E-state index contributed by atoms with van der Waals surface area (Å²) in [7, 11) is 1.41. The van der Waals surface area contributed by atoms with E-state index >= 15 is 0 Å². The highest BCUT2D eigenvalue weighted by Crippen LogP contribution is 2.32. The molecule has 1 aliphatic heterocycles. The van der Waals surface area contributed by atoms with Crippen LogP contribution >= 0.6 is 0 Å². The van der Waals surface area contributed by atoms with Crippen molar-refractivity contribution in [3.63, 3.8) is 0 Å². The second kappa shape index (κ2) is 7.81. The van der Waals surface area contributed by atoms with Gasteiger partial charge < -0.3 is 20.1 Å². The molecule has 2 amide bonds. The Kier molecular flexibility index (Phi) is 5.31. The van der Waals surface area contributed by atoms with Crippen molar-refractivity contribution in [1.82, 2.24) is 10.3 Å². The fraction of sp³-hybridized carbons (Fsp3) is 0.278. The zero-order chi connectivity index (χ0) is 18.5. The minimum atomic E-state index is -0.862. The van der Waals surface area contributed by atoms with E-state index in [9.17, 15) is 14.0 Å². The van der Waals surface area contributed by atoms with Gasteiger partial charge in [-0.15, -0.1) is 0 Å². The van der Waals surface area contributed by atoms with E-state index in [0.29, 0.717) is 30.8 Å². The van der Waals surface area contributed by atoms with Crippen LogP contribution in [0.15, 0.2) is 36.5 Å². The fourth-order valence-corrected chi connectivity index (χ4v) is 2.75. The van der Waals surface area contributed by atoms with E-state index in [1.165, 1.54) is 31.5 Å². The van der Waals surface area contributed by atoms with Gasteiger partial charge in [0.05, 0.1) is 19.8 Å². The van der Waals surface area contributed by atoms with Gasteiger partial charge in [0.15, 0.2) is 0 Å². The molecule has 0 bridgehead atoms. The molecule has 1 atom stereocenters. The summed E-state index contributed by atoms with van der Waals surface area (Å²) in [6, 6.07) is 6.80. The third-order valence-electron chi connectivity index (χ3n) is 3.97. The average molecular weight is 359 g/mol. The number of nitrogens with one attached hydrogen (secondary N) is 2. The van der Waals surface area contributed by atoms with Crippen LogP contribution in [0.25, 0.3) is 0 Å². The van der Waals surface area contributed by atoms with Crippen LogP contribution in [0.2, 0.25) is 0 Å². The van der Waals surface area contributed by atoms with Crippen molar-refractivity contribution in [2.75, 3.05) is 19.0 Å². The van der Waals surface area contributed by atoms with Gasteiger partial charge in [0.1, 0.15) is 17.3 Å². The molecule has 2 N–H and O–H groups in total. The molecule has 8 heteroatoms. The van der Waals surface area contributed by atoms with Gasteiger partial charge in [-0.25, -0.2) is 9.37 Å². The molecular weight excluding hydrogens is 341 g/mol. The number of halogens is 1. The molecule has 0 aliphatic carbocycles. The zero-order valence-electron chi connectivity index (χ0n) is 14.1. The Morgan fingerprint density at radius 3 is 2.96 bits per heavy atom. The van der Waals surface area contributed by atoms with Crippen LogP contribution < -0.4 is 20.1 Å². The number of carbonyl (C=O) groups is 2. The molecule has 2 heterocycles. The Morgan fingerprint density at radius 2 is 2.15 bits per heavy atom. The summed E-state index contributed by atoms with van der Waals surface area (Å²) in [6.07, 6.45) is 2.70. The molecule has 0 saturated heterocycles. The monoisotopic (exact) mass is 359 g/mol. The topological polar surface area (TPSA) is 89.5 Å². The smallest absolute Gasteiger partial charge is 0.313 e. The van der Waals surface area contributed by atoms with Crippen molar-refractivity contribution in [1.29, 1.82) is 0 Å². The number of methoxy groups -OCH3 is 1. The molecule has 0 unspecified atom stereocenters. The molecule has 0 saturated carbocycles. The first-order chi connectivity index (χ1) is 12.6. The molecule has 2 aromatic rings. The molecule has 3 rings (SSSR count). The molecule has 0 radical (unpaired) electrons. The van der Waals surface area contributed by atoms with Gasteiger partial charge in [-0.2, -0.15) is 0 Å². The molecule has 26 heavy (non-hydrogen) atoms. The molecule has 0 fully saturated rings. The summed E-state index contributed by atoms with van der Waals surface area (Å²) in [4.78, 5) is 28.5. The zero-order valence-corrected chi connectivity index (χ0v) is 14.1. The molecule has 1 aromatic heterocycles. The lowest BCUT2D eigenvalue weighted by atomic mass is 10.0. The van der Waals surface area contributed by atoms with E-state index in [4.69, 9.17) is 9.47 Å². The van der Waals surface area contributed by atoms with E-state index in [2.05, 4.69) is 15.6 Å². The van der Waals surface area contributed by atoms with Crippen LogP contribution in [-0.4, -0.2) is 30.5 Å². The summed E-state index contributed by atoms with van der Waals surface area (Å²) in [5.41, 5.74) is 0.799. The highest BCUT2D eigenvalue weighted by atomic mass is 19.1. The lowest BCUT2D eigenvalue weighted by Crippen LogP contribution is -2.37. The second-order valence-corrected chi connectivity index (χ2v) is 5.71. The molecule has 136 valence electrons. The quantitative estimate of drug-likeness (QED) is 0.820. The highest BCUT2D eigenvalue weighted by molar-refractivity contribution is 6.39. The van der Waals surface area contributed by atoms with Crippen LogP contribution in [-0.2, 0) is 9.59 Å².